The molecule has 0 aliphatic carbocycles. The molecular formula is C11H12Cl2O2. The van der Waals surface area contributed by atoms with E-state index in [1.54, 1.807) is 18.2 Å². The Morgan fingerprint density at radius 2 is 2.13 bits per heavy atom. The largest absolute Gasteiger partial charge is 0.491 e. The normalized spacial score (nSPS) is 10.0. The summed E-state index contributed by atoms with van der Waals surface area (Å²) in [5.74, 6) is 1.08. The molecule has 0 atom stereocenters. The van der Waals surface area contributed by atoms with Crippen LogP contribution in [0.3, 0.4) is 0 Å². The fourth-order valence-electron chi connectivity index (χ4n) is 1.14. The van der Waals surface area contributed by atoms with Crippen molar-refractivity contribution in [3.8, 4) is 5.75 Å². The Labute approximate surface area is 99.1 Å². The first-order chi connectivity index (χ1) is 7.29. The number of unbranched alkanes of at least 4 members (excludes halogenated alkanes) is 1. The molecule has 1 aromatic rings. The van der Waals surface area contributed by atoms with Crippen molar-refractivity contribution in [1.82, 2.24) is 0 Å². The van der Waals surface area contributed by atoms with E-state index in [2.05, 4.69) is 0 Å². The van der Waals surface area contributed by atoms with Gasteiger partial charge in [-0.05, 0) is 25.0 Å². The van der Waals surface area contributed by atoms with Crippen molar-refractivity contribution in [2.45, 2.75) is 12.8 Å². The molecule has 0 N–H and O–H groups in total. The molecule has 2 nitrogen and oxygen atoms in total. The molecule has 1 rings (SSSR count). The van der Waals surface area contributed by atoms with Gasteiger partial charge in [0.15, 0.2) is 6.29 Å². The van der Waals surface area contributed by atoms with Gasteiger partial charge in [0.05, 0.1) is 17.2 Å². The first-order valence-electron chi connectivity index (χ1n) is 4.72. The predicted molar refractivity (Wildman–Crippen MR) is 62.3 cm³/mol. The average molecular weight is 247 g/mol. The number of halogens is 2. The second-order valence-electron chi connectivity index (χ2n) is 3.02. The van der Waals surface area contributed by atoms with Gasteiger partial charge in [0.2, 0.25) is 0 Å². The summed E-state index contributed by atoms with van der Waals surface area (Å²) in [6.07, 6.45) is 2.48. The summed E-state index contributed by atoms with van der Waals surface area (Å²) < 4.78 is 5.44. The number of carbonyl (C=O) groups is 1. The van der Waals surface area contributed by atoms with Crippen molar-refractivity contribution in [3.05, 3.63) is 28.8 Å². The minimum absolute atomic E-state index is 0.462. The number of hydrogen-bond acceptors (Lipinski definition) is 2. The number of ether oxygens (including phenoxy) is 1. The number of rotatable bonds is 6. The summed E-state index contributed by atoms with van der Waals surface area (Å²) in [6.45, 7) is 0.525. The topological polar surface area (TPSA) is 26.3 Å². The van der Waals surface area contributed by atoms with Gasteiger partial charge >= 0.3 is 0 Å². The van der Waals surface area contributed by atoms with Crippen molar-refractivity contribution >= 4 is 29.5 Å². The van der Waals surface area contributed by atoms with Crippen LogP contribution >= 0.6 is 23.2 Å². The summed E-state index contributed by atoms with van der Waals surface area (Å²) in [5, 5.41) is 0.463. The zero-order chi connectivity index (χ0) is 11.1. The summed E-state index contributed by atoms with van der Waals surface area (Å²) in [5.41, 5.74) is 0.480. The second kappa shape index (κ2) is 6.70. The van der Waals surface area contributed by atoms with E-state index in [0.29, 0.717) is 28.8 Å². The summed E-state index contributed by atoms with van der Waals surface area (Å²) in [7, 11) is 0. The van der Waals surface area contributed by atoms with Crippen molar-refractivity contribution in [2.24, 2.45) is 0 Å². The van der Waals surface area contributed by atoms with Crippen LogP contribution in [0.5, 0.6) is 5.75 Å². The van der Waals surface area contributed by atoms with E-state index < -0.39 is 0 Å². The van der Waals surface area contributed by atoms with Crippen molar-refractivity contribution in [2.75, 3.05) is 12.5 Å². The Bertz CT molecular complexity index is 326. The Kier molecular flexibility index (Phi) is 5.51. The molecule has 0 spiro atoms. The lowest BCUT2D eigenvalue weighted by Gasteiger charge is -2.09. The van der Waals surface area contributed by atoms with Crippen LogP contribution in [0.15, 0.2) is 18.2 Å². The molecule has 0 saturated carbocycles. The molecule has 4 heteroatoms. The van der Waals surface area contributed by atoms with Crippen LogP contribution in [0.25, 0.3) is 0 Å². The summed E-state index contributed by atoms with van der Waals surface area (Å²) in [6, 6.07) is 5.10. The molecule has 1 aromatic carbocycles. The van der Waals surface area contributed by atoms with E-state index in [-0.39, 0.29) is 0 Å². The second-order valence-corrected chi connectivity index (χ2v) is 3.81. The van der Waals surface area contributed by atoms with E-state index in [4.69, 9.17) is 27.9 Å². The molecule has 0 aliphatic heterocycles. The molecule has 0 fully saturated rings. The van der Waals surface area contributed by atoms with E-state index in [1.807, 2.05) is 0 Å². The third-order valence-corrected chi connectivity index (χ3v) is 2.46. The summed E-state index contributed by atoms with van der Waals surface area (Å²) >= 11 is 11.4. The molecule has 82 valence electrons. The van der Waals surface area contributed by atoms with Gasteiger partial charge in [-0.2, -0.15) is 0 Å². The van der Waals surface area contributed by atoms with Crippen LogP contribution in [0.4, 0.5) is 0 Å². The van der Waals surface area contributed by atoms with Gasteiger partial charge in [0, 0.05) is 5.88 Å². The lowest BCUT2D eigenvalue weighted by Crippen LogP contribution is -2.00. The van der Waals surface area contributed by atoms with E-state index in [1.165, 1.54) is 0 Å². The standard InChI is InChI=1S/C11H12Cl2O2/c12-6-1-2-7-15-11-9(8-14)4-3-5-10(11)13/h3-5,8H,1-2,6-7H2. The van der Waals surface area contributed by atoms with Gasteiger partial charge in [-0.15, -0.1) is 11.6 Å². The Hall–Kier alpha value is -0.730. The van der Waals surface area contributed by atoms with Crippen molar-refractivity contribution in [3.63, 3.8) is 0 Å². The van der Waals surface area contributed by atoms with Gasteiger partial charge < -0.3 is 4.74 Å². The lowest BCUT2D eigenvalue weighted by molar-refractivity contribution is 0.111. The third-order valence-electron chi connectivity index (χ3n) is 1.90. The molecule has 0 aromatic heterocycles. The number of aldehydes is 1. The maximum atomic E-state index is 10.7. The molecule has 0 saturated heterocycles. The molecule has 0 bridgehead atoms. The Morgan fingerprint density at radius 1 is 1.33 bits per heavy atom. The number of para-hydroxylation sites is 1. The smallest absolute Gasteiger partial charge is 0.153 e. The van der Waals surface area contributed by atoms with Crippen LogP contribution in [0.2, 0.25) is 5.02 Å². The molecular weight excluding hydrogens is 235 g/mol. The highest BCUT2D eigenvalue weighted by atomic mass is 35.5. The van der Waals surface area contributed by atoms with Gasteiger partial charge in [0.25, 0.3) is 0 Å². The van der Waals surface area contributed by atoms with Gasteiger partial charge in [-0.3, -0.25) is 4.79 Å². The van der Waals surface area contributed by atoms with Gasteiger partial charge in [-0.1, -0.05) is 17.7 Å². The van der Waals surface area contributed by atoms with Crippen LogP contribution in [0, 0.1) is 0 Å². The van der Waals surface area contributed by atoms with Crippen LogP contribution < -0.4 is 4.74 Å². The molecule has 0 radical (unpaired) electrons. The number of benzene rings is 1. The zero-order valence-corrected chi connectivity index (χ0v) is 9.72. The molecule has 0 unspecified atom stereocenters. The maximum Gasteiger partial charge on any atom is 0.153 e. The number of hydrogen-bond donors (Lipinski definition) is 0. The zero-order valence-electron chi connectivity index (χ0n) is 8.21. The minimum Gasteiger partial charge on any atom is -0.491 e. The lowest BCUT2D eigenvalue weighted by atomic mass is 10.2. The van der Waals surface area contributed by atoms with Gasteiger partial charge in [0.1, 0.15) is 5.75 Å². The van der Waals surface area contributed by atoms with E-state index >= 15 is 0 Å². The average Bonchev–Trinajstić information content (AvgIpc) is 2.26. The maximum absolute atomic E-state index is 10.7. The number of alkyl halides is 1. The predicted octanol–water partition coefficient (Wildman–Crippen LogP) is 3.55. The quantitative estimate of drug-likeness (QED) is 0.436. The van der Waals surface area contributed by atoms with Crippen molar-refractivity contribution in [1.29, 1.82) is 0 Å². The molecule has 0 aliphatic rings. The highest BCUT2D eigenvalue weighted by Crippen LogP contribution is 2.27. The van der Waals surface area contributed by atoms with Gasteiger partial charge in [-0.25, -0.2) is 0 Å². The Balaban J connectivity index is 2.62. The fourth-order valence-corrected chi connectivity index (χ4v) is 1.57. The van der Waals surface area contributed by atoms with E-state index in [0.717, 1.165) is 19.1 Å². The summed E-state index contributed by atoms with van der Waals surface area (Å²) in [4.78, 5) is 10.7. The highest BCUT2D eigenvalue weighted by Gasteiger charge is 2.06. The molecule has 15 heavy (non-hydrogen) atoms. The highest BCUT2D eigenvalue weighted by molar-refractivity contribution is 6.32. The first-order valence-corrected chi connectivity index (χ1v) is 5.63. The first kappa shape index (κ1) is 12.3. The molecule has 0 amide bonds. The van der Waals surface area contributed by atoms with Crippen LogP contribution in [-0.2, 0) is 0 Å². The monoisotopic (exact) mass is 246 g/mol. The Morgan fingerprint density at radius 3 is 2.80 bits per heavy atom. The SMILES string of the molecule is O=Cc1cccc(Cl)c1OCCCCCl. The minimum atomic E-state index is 0.462. The van der Waals surface area contributed by atoms with Crippen LogP contribution in [-0.4, -0.2) is 18.8 Å². The van der Waals surface area contributed by atoms with Crippen LogP contribution in [0.1, 0.15) is 23.2 Å². The van der Waals surface area contributed by atoms with E-state index in [9.17, 15) is 4.79 Å². The number of carbonyl (C=O) groups excluding carboxylic acids is 1. The molecule has 0 heterocycles. The fraction of sp³-hybridized carbons (Fsp3) is 0.364. The third kappa shape index (κ3) is 3.73. The van der Waals surface area contributed by atoms with Crippen molar-refractivity contribution < 1.29 is 9.53 Å².